The van der Waals surface area contributed by atoms with E-state index in [-0.39, 0.29) is 6.54 Å². The fraction of sp³-hybridized carbons (Fsp3) is 0.200. The summed E-state index contributed by atoms with van der Waals surface area (Å²) in [7, 11) is 0. The molecule has 1 aromatic carbocycles. The second kappa shape index (κ2) is 6.56. The van der Waals surface area contributed by atoms with Crippen molar-refractivity contribution in [1.82, 2.24) is 5.32 Å². The van der Waals surface area contributed by atoms with E-state index in [1.807, 2.05) is 25.1 Å². The van der Waals surface area contributed by atoms with Crippen molar-refractivity contribution in [2.45, 2.75) is 19.9 Å². The molecule has 5 nitrogen and oxygen atoms in total. The zero-order chi connectivity index (χ0) is 14.4. The fourth-order valence-corrected chi connectivity index (χ4v) is 1.79. The molecule has 2 rings (SSSR count). The number of aryl methyl sites for hydroxylation is 1. The molecule has 0 saturated carbocycles. The molecule has 2 N–H and O–H groups in total. The number of nitrogens with one attached hydrogen (secondary N) is 2. The predicted octanol–water partition coefficient (Wildman–Crippen LogP) is 2.10. The van der Waals surface area contributed by atoms with Crippen molar-refractivity contribution in [3.05, 3.63) is 54.0 Å². The lowest BCUT2D eigenvalue weighted by molar-refractivity contribution is -0.136. The molecule has 2 amide bonds. The fourth-order valence-electron chi connectivity index (χ4n) is 1.79. The third-order valence-electron chi connectivity index (χ3n) is 2.86. The number of amides is 2. The summed E-state index contributed by atoms with van der Waals surface area (Å²) in [6.07, 6.45) is 2.30. The molecule has 0 atom stereocenters. The highest BCUT2D eigenvalue weighted by molar-refractivity contribution is 6.39. The summed E-state index contributed by atoms with van der Waals surface area (Å²) < 4.78 is 5.07. The van der Waals surface area contributed by atoms with Crippen LogP contribution in [0, 0.1) is 0 Å². The highest BCUT2D eigenvalue weighted by atomic mass is 16.3. The number of hydrogen-bond donors (Lipinski definition) is 2. The van der Waals surface area contributed by atoms with Gasteiger partial charge in [-0.05, 0) is 30.2 Å². The normalized spacial score (nSPS) is 10.1. The summed E-state index contributed by atoms with van der Waals surface area (Å²) in [5, 5.41) is 5.11. The molecular formula is C15H16N2O3. The molecule has 0 bridgehead atoms. The highest BCUT2D eigenvalue weighted by Gasteiger charge is 2.14. The molecule has 0 unspecified atom stereocenters. The molecule has 104 valence electrons. The van der Waals surface area contributed by atoms with Crippen molar-refractivity contribution < 1.29 is 14.0 Å². The minimum absolute atomic E-state index is 0.189. The van der Waals surface area contributed by atoms with Crippen LogP contribution in [0.3, 0.4) is 0 Å². The summed E-state index contributed by atoms with van der Waals surface area (Å²) >= 11 is 0. The van der Waals surface area contributed by atoms with Gasteiger partial charge >= 0.3 is 11.8 Å². The van der Waals surface area contributed by atoms with Crippen molar-refractivity contribution in [3.8, 4) is 0 Å². The van der Waals surface area contributed by atoms with Crippen molar-refractivity contribution in [1.29, 1.82) is 0 Å². The van der Waals surface area contributed by atoms with Crippen molar-refractivity contribution in [3.63, 3.8) is 0 Å². The molecular weight excluding hydrogens is 256 g/mol. The van der Waals surface area contributed by atoms with Crippen molar-refractivity contribution in [2.75, 3.05) is 5.32 Å². The first-order chi connectivity index (χ1) is 9.70. The van der Waals surface area contributed by atoms with E-state index < -0.39 is 11.8 Å². The standard InChI is InChI=1S/C15H16N2O3/c1-2-11-6-3-4-8-13(11)17-15(19)14(18)16-10-12-7-5-9-20-12/h3-9H,2,10H2,1H3,(H,16,18)(H,17,19). The lowest BCUT2D eigenvalue weighted by Crippen LogP contribution is -2.35. The molecule has 5 heteroatoms. The first-order valence-electron chi connectivity index (χ1n) is 6.40. The quantitative estimate of drug-likeness (QED) is 0.837. The number of rotatable bonds is 4. The number of benzene rings is 1. The molecule has 1 heterocycles. The van der Waals surface area contributed by atoms with E-state index in [4.69, 9.17) is 4.42 Å². The van der Waals surface area contributed by atoms with E-state index in [1.165, 1.54) is 6.26 Å². The number of carbonyl (C=O) groups is 2. The SMILES string of the molecule is CCc1ccccc1NC(=O)C(=O)NCc1ccco1. The third-order valence-corrected chi connectivity index (χ3v) is 2.86. The monoisotopic (exact) mass is 272 g/mol. The van der Waals surface area contributed by atoms with Gasteiger partial charge in [-0.15, -0.1) is 0 Å². The van der Waals surface area contributed by atoms with E-state index in [0.29, 0.717) is 11.4 Å². The van der Waals surface area contributed by atoms with E-state index in [0.717, 1.165) is 12.0 Å². The van der Waals surface area contributed by atoms with E-state index in [2.05, 4.69) is 10.6 Å². The van der Waals surface area contributed by atoms with Crippen LogP contribution >= 0.6 is 0 Å². The Morgan fingerprint density at radius 3 is 2.60 bits per heavy atom. The molecule has 20 heavy (non-hydrogen) atoms. The van der Waals surface area contributed by atoms with Gasteiger partial charge in [0.25, 0.3) is 0 Å². The van der Waals surface area contributed by atoms with Crippen LogP contribution in [0.15, 0.2) is 47.1 Å². The lowest BCUT2D eigenvalue weighted by Gasteiger charge is -2.09. The summed E-state index contributed by atoms with van der Waals surface area (Å²) in [4.78, 5) is 23.5. The first-order valence-corrected chi connectivity index (χ1v) is 6.40. The summed E-state index contributed by atoms with van der Waals surface area (Å²) in [5.74, 6) is -0.773. The summed E-state index contributed by atoms with van der Waals surface area (Å²) in [6.45, 7) is 2.18. The Kier molecular flexibility index (Phi) is 4.55. The third kappa shape index (κ3) is 3.47. The molecule has 0 aliphatic rings. The van der Waals surface area contributed by atoms with Gasteiger partial charge in [0, 0.05) is 5.69 Å². The molecule has 2 aromatic rings. The Morgan fingerprint density at radius 2 is 1.90 bits per heavy atom. The Bertz CT molecular complexity index is 591. The second-order valence-corrected chi connectivity index (χ2v) is 4.23. The largest absolute Gasteiger partial charge is 0.467 e. The number of carbonyl (C=O) groups excluding carboxylic acids is 2. The molecule has 0 fully saturated rings. The Labute approximate surface area is 117 Å². The topological polar surface area (TPSA) is 71.3 Å². The average molecular weight is 272 g/mol. The molecule has 0 aliphatic carbocycles. The summed E-state index contributed by atoms with van der Waals surface area (Å²) in [5.41, 5.74) is 1.65. The maximum Gasteiger partial charge on any atom is 0.313 e. The zero-order valence-electron chi connectivity index (χ0n) is 11.2. The highest BCUT2D eigenvalue weighted by Crippen LogP contribution is 2.15. The first kappa shape index (κ1) is 13.9. The van der Waals surface area contributed by atoms with Gasteiger partial charge in [-0.2, -0.15) is 0 Å². The van der Waals surface area contributed by atoms with Crippen molar-refractivity contribution >= 4 is 17.5 Å². The van der Waals surface area contributed by atoms with Crippen LogP contribution in [0.2, 0.25) is 0 Å². The number of para-hydroxylation sites is 1. The van der Waals surface area contributed by atoms with Gasteiger partial charge in [0.1, 0.15) is 5.76 Å². The van der Waals surface area contributed by atoms with Gasteiger partial charge in [-0.25, -0.2) is 0 Å². The lowest BCUT2D eigenvalue weighted by atomic mass is 10.1. The Balaban J connectivity index is 1.92. The van der Waals surface area contributed by atoms with Gasteiger partial charge in [0.2, 0.25) is 0 Å². The maximum atomic E-state index is 11.8. The Morgan fingerprint density at radius 1 is 1.10 bits per heavy atom. The molecule has 0 radical (unpaired) electrons. The van der Waals surface area contributed by atoms with Crippen molar-refractivity contribution in [2.24, 2.45) is 0 Å². The van der Waals surface area contributed by atoms with E-state index in [9.17, 15) is 9.59 Å². The minimum Gasteiger partial charge on any atom is -0.467 e. The van der Waals surface area contributed by atoms with Crippen LogP contribution in [-0.2, 0) is 22.6 Å². The molecule has 0 aliphatic heterocycles. The van der Waals surface area contributed by atoms with Crippen LogP contribution in [0.4, 0.5) is 5.69 Å². The van der Waals surface area contributed by atoms with Crippen LogP contribution in [0.25, 0.3) is 0 Å². The zero-order valence-corrected chi connectivity index (χ0v) is 11.2. The maximum absolute atomic E-state index is 11.8. The Hall–Kier alpha value is -2.56. The van der Waals surface area contributed by atoms with Crippen LogP contribution < -0.4 is 10.6 Å². The van der Waals surface area contributed by atoms with Gasteiger partial charge in [-0.3, -0.25) is 9.59 Å². The summed E-state index contributed by atoms with van der Waals surface area (Å²) in [6, 6.07) is 10.8. The second-order valence-electron chi connectivity index (χ2n) is 4.23. The number of anilines is 1. The number of hydrogen-bond acceptors (Lipinski definition) is 3. The van der Waals surface area contributed by atoms with Gasteiger partial charge in [-0.1, -0.05) is 25.1 Å². The van der Waals surface area contributed by atoms with E-state index >= 15 is 0 Å². The predicted molar refractivity (Wildman–Crippen MR) is 75.0 cm³/mol. The van der Waals surface area contributed by atoms with Gasteiger partial charge < -0.3 is 15.1 Å². The van der Waals surface area contributed by atoms with Crippen LogP contribution in [-0.4, -0.2) is 11.8 Å². The van der Waals surface area contributed by atoms with Crippen LogP contribution in [0.5, 0.6) is 0 Å². The van der Waals surface area contributed by atoms with Crippen LogP contribution in [0.1, 0.15) is 18.2 Å². The van der Waals surface area contributed by atoms with Gasteiger partial charge in [0.05, 0.1) is 12.8 Å². The molecule has 1 aromatic heterocycles. The minimum atomic E-state index is -0.688. The molecule has 0 saturated heterocycles. The molecule has 0 spiro atoms. The smallest absolute Gasteiger partial charge is 0.313 e. The van der Waals surface area contributed by atoms with Gasteiger partial charge in [0.15, 0.2) is 0 Å². The van der Waals surface area contributed by atoms with E-state index in [1.54, 1.807) is 18.2 Å². The number of furan rings is 1. The average Bonchev–Trinajstić information content (AvgIpc) is 2.98.